The summed E-state index contributed by atoms with van der Waals surface area (Å²) in [6.07, 6.45) is 7.72. The van der Waals surface area contributed by atoms with Gasteiger partial charge in [-0.2, -0.15) is 0 Å². The Labute approximate surface area is 133 Å². The zero-order chi connectivity index (χ0) is 15.2. The highest BCUT2D eigenvalue weighted by Crippen LogP contribution is 2.34. The molecule has 0 aromatic heterocycles. The predicted molar refractivity (Wildman–Crippen MR) is 89.6 cm³/mol. The number of hydrogen-bond donors (Lipinski definition) is 2. The summed E-state index contributed by atoms with van der Waals surface area (Å²) in [6, 6.07) is 10.9. The molecule has 1 saturated heterocycles. The number of benzene rings is 1. The van der Waals surface area contributed by atoms with E-state index in [4.69, 9.17) is 0 Å². The summed E-state index contributed by atoms with van der Waals surface area (Å²) in [5.41, 5.74) is 1.33. The standard InChI is InChI=1S/C19H28N2O/c22-19(9-6-15-10-12-20-13-11-15)21-18(17-7-8-17)14-16-4-2-1-3-5-16/h1-5,15,17-18,20H,6-14H2,(H,21,22). The molecule has 1 heterocycles. The van der Waals surface area contributed by atoms with Crippen LogP contribution in [-0.4, -0.2) is 25.0 Å². The first kappa shape index (κ1) is 15.5. The molecule has 1 aliphatic carbocycles. The van der Waals surface area contributed by atoms with Crippen molar-refractivity contribution in [3.63, 3.8) is 0 Å². The van der Waals surface area contributed by atoms with Crippen LogP contribution in [0.25, 0.3) is 0 Å². The summed E-state index contributed by atoms with van der Waals surface area (Å²) >= 11 is 0. The van der Waals surface area contributed by atoms with E-state index in [1.807, 2.05) is 6.07 Å². The maximum absolute atomic E-state index is 12.3. The van der Waals surface area contributed by atoms with E-state index in [-0.39, 0.29) is 5.91 Å². The second-order valence-electron chi connectivity index (χ2n) is 6.93. The van der Waals surface area contributed by atoms with Gasteiger partial charge < -0.3 is 10.6 Å². The fourth-order valence-corrected chi connectivity index (χ4v) is 3.49. The lowest BCUT2D eigenvalue weighted by Gasteiger charge is -2.23. The molecule has 3 nitrogen and oxygen atoms in total. The van der Waals surface area contributed by atoms with Crippen LogP contribution in [0, 0.1) is 11.8 Å². The third-order valence-electron chi connectivity index (χ3n) is 5.07. The van der Waals surface area contributed by atoms with Crippen molar-refractivity contribution in [2.24, 2.45) is 11.8 Å². The Morgan fingerprint density at radius 2 is 1.86 bits per heavy atom. The smallest absolute Gasteiger partial charge is 0.220 e. The predicted octanol–water partition coefficient (Wildman–Crippen LogP) is 2.90. The molecule has 2 fully saturated rings. The number of nitrogens with one attached hydrogen (secondary N) is 2. The van der Waals surface area contributed by atoms with Gasteiger partial charge in [0.05, 0.1) is 0 Å². The van der Waals surface area contributed by atoms with Crippen LogP contribution in [0.5, 0.6) is 0 Å². The Balaban J connectivity index is 1.45. The van der Waals surface area contributed by atoms with Gasteiger partial charge in [0.1, 0.15) is 0 Å². The Bertz CT molecular complexity index is 464. The molecular formula is C19H28N2O. The van der Waals surface area contributed by atoms with E-state index in [0.29, 0.717) is 18.4 Å². The van der Waals surface area contributed by atoms with Crippen LogP contribution < -0.4 is 10.6 Å². The van der Waals surface area contributed by atoms with Gasteiger partial charge in [-0.15, -0.1) is 0 Å². The molecule has 1 amide bonds. The minimum Gasteiger partial charge on any atom is -0.353 e. The monoisotopic (exact) mass is 300 g/mol. The summed E-state index contributed by atoms with van der Waals surface area (Å²) in [4.78, 5) is 12.3. The van der Waals surface area contributed by atoms with Gasteiger partial charge in [-0.05, 0) is 69.0 Å². The molecular weight excluding hydrogens is 272 g/mol. The number of piperidine rings is 1. The second-order valence-corrected chi connectivity index (χ2v) is 6.93. The van der Waals surface area contributed by atoms with Crippen molar-refractivity contribution in [1.29, 1.82) is 0 Å². The third-order valence-corrected chi connectivity index (χ3v) is 5.07. The molecule has 1 aliphatic heterocycles. The molecule has 0 spiro atoms. The Kier molecular flexibility index (Phi) is 5.49. The lowest BCUT2D eigenvalue weighted by Crippen LogP contribution is -2.38. The number of hydrogen-bond acceptors (Lipinski definition) is 2. The highest BCUT2D eigenvalue weighted by molar-refractivity contribution is 5.76. The third kappa shape index (κ3) is 4.84. The van der Waals surface area contributed by atoms with Crippen molar-refractivity contribution in [1.82, 2.24) is 10.6 Å². The molecule has 1 aromatic rings. The number of rotatable bonds is 7. The van der Waals surface area contributed by atoms with Crippen LogP contribution in [-0.2, 0) is 11.2 Å². The molecule has 1 saturated carbocycles. The van der Waals surface area contributed by atoms with Crippen molar-refractivity contribution < 1.29 is 4.79 Å². The van der Waals surface area contributed by atoms with Crippen molar-refractivity contribution in [2.75, 3.05) is 13.1 Å². The van der Waals surface area contributed by atoms with E-state index in [0.717, 1.165) is 31.8 Å². The number of amides is 1. The molecule has 22 heavy (non-hydrogen) atoms. The molecule has 120 valence electrons. The number of carbonyl (C=O) groups is 1. The highest BCUT2D eigenvalue weighted by atomic mass is 16.1. The zero-order valence-corrected chi connectivity index (χ0v) is 13.4. The first-order valence-corrected chi connectivity index (χ1v) is 8.85. The maximum atomic E-state index is 12.3. The van der Waals surface area contributed by atoms with Gasteiger partial charge in [-0.1, -0.05) is 30.3 Å². The van der Waals surface area contributed by atoms with E-state index < -0.39 is 0 Å². The zero-order valence-electron chi connectivity index (χ0n) is 13.4. The fraction of sp³-hybridized carbons (Fsp3) is 0.632. The van der Waals surface area contributed by atoms with Crippen LogP contribution in [0.2, 0.25) is 0 Å². The summed E-state index contributed by atoms with van der Waals surface area (Å²) in [6.45, 7) is 2.23. The molecule has 0 bridgehead atoms. The molecule has 3 heteroatoms. The Morgan fingerprint density at radius 1 is 1.14 bits per heavy atom. The average Bonchev–Trinajstić information content (AvgIpc) is 3.39. The van der Waals surface area contributed by atoms with Crippen molar-refractivity contribution in [3.8, 4) is 0 Å². The van der Waals surface area contributed by atoms with Gasteiger partial charge in [-0.3, -0.25) is 4.79 Å². The first-order chi connectivity index (χ1) is 10.8. The quantitative estimate of drug-likeness (QED) is 0.813. The lowest BCUT2D eigenvalue weighted by atomic mass is 9.93. The van der Waals surface area contributed by atoms with Crippen molar-refractivity contribution >= 4 is 5.91 Å². The number of carbonyl (C=O) groups excluding carboxylic acids is 1. The molecule has 2 N–H and O–H groups in total. The van der Waals surface area contributed by atoms with Crippen LogP contribution in [0.3, 0.4) is 0 Å². The Morgan fingerprint density at radius 3 is 2.55 bits per heavy atom. The average molecular weight is 300 g/mol. The van der Waals surface area contributed by atoms with Crippen LogP contribution in [0.1, 0.15) is 44.1 Å². The van der Waals surface area contributed by atoms with Crippen LogP contribution in [0.15, 0.2) is 30.3 Å². The molecule has 1 unspecified atom stereocenters. The molecule has 3 rings (SSSR count). The van der Waals surface area contributed by atoms with Gasteiger partial charge in [-0.25, -0.2) is 0 Å². The van der Waals surface area contributed by atoms with Gasteiger partial charge in [0.15, 0.2) is 0 Å². The molecule has 0 radical (unpaired) electrons. The van der Waals surface area contributed by atoms with Crippen LogP contribution >= 0.6 is 0 Å². The van der Waals surface area contributed by atoms with E-state index in [2.05, 4.69) is 34.9 Å². The lowest BCUT2D eigenvalue weighted by molar-refractivity contribution is -0.122. The summed E-state index contributed by atoms with van der Waals surface area (Å²) in [5.74, 6) is 1.69. The van der Waals surface area contributed by atoms with Gasteiger partial charge >= 0.3 is 0 Å². The summed E-state index contributed by atoms with van der Waals surface area (Å²) < 4.78 is 0. The maximum Gasteiger partial charge on any atom is 0.220 e. The van der Waals surface area contributed by atoms with Crippen LogP contribution in [0.4, 0.5) is 0 Å². The van der Waals surface area contributed by atoms with Crippen molar-refractivity contribution in [3.05, 3.63) is 35.9 Å². The Hall–Kier alpha value is -1.35. The minimum atomic E-state index is 0.256. The summed E-state index contributed by atoms with van der Waals surface area (Å²) in [5, 5.41) is 6.70. The highest BCUT2D eigenvalue weighted by Gasteiger charge is 2.32. The van der Waals surface area contributed by atoms with Gasteiger partial charge in [0.2, 0.25) is 5.91 Å². The minimum absolute atomic E-state index is 0.256. The van der Waals surface area contributed by atoms with E-state index in [1.165, 1.54) is 31.2 Å². The first-order valence-electron chi connectivity index (χ1n) is 8.85. The SMILES string of the molecule is O=C(CCC1CCNCC1)NC(Cc1ccccc1)C1CC1. The second kappa shape index (κ2) is 7.77. The fourth-order valence-electron chi connectivity index (χ4n) is 3.49. The van der Waals surface area contributed by atoms with Crippen molar-refractivity contribution in [2.45, 2.75) is 51.0 Å². The van der Waals surface area contributed by atoms with E-state index in [9.17, 15) is 4.79 Å². The van der Waals surface area contributed by atoms with E-state index in [1.54, 1.807) is 0 Å². The van der Waals surface area contributed by atoms with E-state index >= 15 is 0 Å². The molecule has 1 atom stereocenters. The molecule has 1 aromatic carbocycles. The van der Waals surface area contributed by atoms with Gasteiger partial charge in [0, 0.05) is 12.5 Å². The topological polar surface area (TPSA) is 41.1 Å². The molecule has 2 aliphatic rings. The largest absolute Gasteiger partial charge is 0.353 e. The normalized spacial score (nSPS) is 20.5. The summed E-state index contributed by atoms with van der Waals surface area (Å²) in [7, 11) is 0. The van der Waals surface area contributed by atoms with Gasteiger partial charge in [0.25, 0.3) is 0 Å².